The molecule has 0 bridgehead atoms. The van der Waals surface area contributed by atoms with Gasteiger partial charge in [-0.3, -0.25) is 4.98 Å². The van der Waals surface area contributed by atoms with Gasteiger partial charge in [0, 0.05) is 23.5 Å². The van der Waals surface area contributed by atoms with Gasteiger partial charge < -0.3 is 9.42 Å². The van der Waals surface area contributed by atoms with E-state index in [0.29, 0.717) is 11.7 Å². The van der Waals surface area contributed by atoms with Gasteiger partial charge in [-0.2, -0.15) is 4.98 Å². The number of likely N-dealkylation sites (tertiary alicyclic amines) is 1. The van der Waals surface area contributed by atoms with Crippen molar-refractivity contribution < 1.29 is 4.52 Å². The molecule has 0 atom stereocenters. The lowest BCUT2D eigenvalue weighted by atomic mass is 9.96. The lowest BCUT2D eigenvalue weighted by molar-refractivity contribution is 0.196. The smallest absolute Gasteiger partial charge is 0.230 e. The maximum absolute atomic E-state index is 5.49. The second-order valence-corrected chi connectivity index (χ2v) is 7.15. The van der Waals surface area contributed by atoms with E-state index in [1.54, 1.807) is 6.20 Å². The molecule has 1 aliphatic heterocycles. The van der Waals surface area contributed by atoms with Crippen molar-refractivity contribution in [3.63, 3.8) is 0 Å². The number of rotatable bonds is 5. The molecule has 24 heavy (non-hydrogen) atoms. The van der Waals surface area contributed by atoms with Crippen molar-refractivity contribution in [3.8, 4) is 11.5 Å². The molecule has 4 heterocycles. The molecule has 3 aromatic rings. The molecule has 5 nitrogen and oxygen atoms in total. The largest absolute Gasteiger partial charge is 0.339 e. The van der Waals surface area contributed by atoms with Gasteiger partial charge >= 0.3 is 0 Å². The van der Waals surface area contributed by atoms with Gasteiger partial charge in [0.2, 0.25) is 11.7 Å². The average Bonchev–Trinajstić information content (AvgIpc) is 3.33. The molecule has 0 spiro atoms. The summed E-state index contributed by atoms with van der Waals surface area (Å²) >= 11 is 1.84. The molecule has 4 rings (SSSR count). The minimum atomic E-state index is 0.368. The Morgan fingerprint density at radius 1 is 1.17 bits per heavy atom. The van der Waals surface area contributed by atoms with E-state index >= 15 is 0 Å². The molecular formula is C18H20N4OS. The zero-order valence-corrected chi connectivity index (χ0v) is 14.3. The molecule has 0 radical (unpaired) electrons. The normalized spacial score (nSPS) is 16.5. The summed E-state index contributed by atoms with van der Waals surface area (Å²) in [4.78, 5) is 12.8. The monoisotopic (exact) mass is 340 g/mol. The van der Waals surface area contributed by atoms with Gasteiger partial charge in [0.1, 0.15) is 5.69 Å². The van der Waals surface area contributed by atoms with E-state index in [2.05, 4.69) is 37.5 Å². The Kier molecular flexibility index (Phi) is 4.66. The van der Waals surface area contributed by atoms with Gasteiger partial charge in [-0.05, 0) is 55.9 Å². The Labute approximate surface area is 145 Å². The van der Waals surface area contributed by atoms with Crippen LogP contribution in [0.1, 0.15) is 29.5 Å². The third-order valence-electron chi connectivity index (χ3n) is 4.53. The van der Waals surface area contributed by atoms with Crippen molar-refractivity contribution in [2.45, 2.75) is 25.2 Å². The van der Waals surface area contributed by atoms with E-state index in [0.717, 1.165) is 50.5 Å². The third-order valence-corrected chi connectivity index (χ3v) is 5.46. The van der Waals surface area contributed by atoms with Crippen LogP contribution in [-0.2, 0) is 6.42 Å². The van der Waals surface area contributed by atoms with Gasteiger partial charge in [0.05, 0.1) is 0 Å². The lowest BCUT2D eigenvalue weighted by Gasteiger charge is -2.30. The van der Waals surface area contributed by atoms with Crippen LogP contribution in [-0.4, -0.2) is 39.7 Å². The number of nitrogens with zero attached hydrogens (tertiary/aromatic N) is 4. The number of piperidine rings is 1. The molecule has 0 amide bonds. The molecular weight excluding hydrogens is 320 g/mol. The van der Waals surface area contributed by atoms with Crippen molar-refractivity contribution in [1.82, 2.24) is 20.0 Å². The van der Waals surface area contributed by atoms with Crippen molar-refractivity contribution in [3.05, 3.63) is 52.7 Å². The second-order valence-electron chi connectivity index (χ2n) is 6.12. The van der Waals surface area contributed by atoms with Gasteiger partial charge in [0.25, 0.3) is 0 Å². The standard InChI is InChI=1S/C18H20N4OS/c1-2-9-19-16(5-1)17-20-18(23-21-17)14-6-10-22(11-7-14)12-8-15-4-3-13-24-15/h1-5,9,13-14H,6-8,10-12H2. The molecule has 0 aliphatic carbocycles. The zero-order chi connectivity index (χ0) is 16.2. The first-order chi connectivity index (χ1) is 11.9. The fourth-order valence-corrected chi connectivity index (χ4v) is 3.82. The van der Waals surface area contributed by atoms with Crippen LogP contribution in [0.15, 0.2) is 46.4 Å². The zero-order valence-electron chi connectivity index (χ0n) is 13.5. The highest BCUT2D eigenvalue weighted by molar-refractivity contribution is 7.09. The molecule has 0 unspecified atom stereocenters. The topological polar surface area (TPSA) is 55.1 Å². The van der Waals surface area contributed by atoms with E-state index in [9.17, 15) is 0 Å². The number of thiophene rings is 1. The highest BCUT2D eigenvalue weighted by Gasteiger charge is 2.25. The summed E-state index contributed by atoms with van der Waals surface area (Å²) in [5.74, 6) is 1.72. The van der Waals surface area contributed by atoms with Crippen molar-refractivity contribution >= 4 is 11.3 Å². The van der Waals surface area contributed by atoms with E-state index in [1.165, 1.54) is 4.88 Å². The quantitative estimate of drug-likeness (QED) is 0.710. The Balaban J connectivity index is 1.32. The Bertz CT molecular complexity index is 748. The summed E-state index contributed by atoms with van der Waals surface area (Å²) in [6, 6.07) is 10.1. The predicted molar refractivity (Wildman–Crippen MR) is 94.0 cm³/mol. The molecule has 1 aliphatic rings. The fraction of sp³-hybridized carbons (Fsp3) is 0.389. The van der Waals surface area contributed by atoms with Crippen LogP contribution in [0.5, 0.6) is 0 Å². The molecule has 0 N–H and O–H groups in total. The van der Waals surface area contributed by atoms with E-state index < -0.39 is 0 Å². The first kappa shape index (κ1) is 15.5. The summed E-state index contributed by atoms with van der Waals surface area (Å²) in [6.45, 7) is 3.32. The van der Waals surface area contributed by atoms with Crippen LogP contribution < -0.4 is 0 Å². The van der Waals surface area contributed by atoms with Gasteiger partial charge in [-0.1, -0.05) is 17.3 Å². The van der Waals surface area contributed by atoms with Gasteiger partial charge in [-0.15, -0.1) is 11.3 Å². The maximum atomic E-state index is 5.49. The van der Waals surface area contributed by atoms with Crippen LogP contribution in [0.4, 0.5) is 0 Å². The van der Waals surface area contributed by atoms with Crippen LogP contribution >= 0.6 is 11.3 Å². The molecule has 3 aromatic heterocycles. The highest BCUT2D eigenvalue weighted by atomic mass is 32.1. The van der Waals surface area contributed by atoms with Crippen molar-refractivity contribution in [2.75, 3.05) is 19.6 Å². The fourth-order valence-electron chi connectivity index (χ4n) is 3.13. The van der Waals surface area contributed by atoms with Crippen molar-refractivity contribution in [2.24, 2.45) is 0 Å². The second kappa shape index (κ2) is 7.23. The van der Waals surface area contributed by atoms with E-state index in [4.69, 9.17) is 4.52 Å². The maximum Gasteiger partial charge on any atom is 0.230 e. The summed E-state index contributed by atoms with van der Waals surface area (Å²) in [6.07, 6.45) is 5.05. The van der Waals surface area contributed by atoms with Crippen LogP contribution in [0.3, 0.4) is 0 Å². The number of pyridine rings is 1. The van der Waals surface area contributed by atoms with Crippen LogP contribution in [0, 0.1) is 0 Å². The molecule has 1 saturated heterocycles. The average molecular weight is 340 g/mol. The molecule has 124 valence electrons. The Morgan fingerprint density at radius 2 is 2.08 bits per heavy atom. The first-order valence-corrected chi connectivity index (χ1v) is 9.26. The van der Waals surface area contributed by atoms with Gasteiger partial charge in [-0.25, -0.2) is 0 Å². The third kappa shape index (κ3) is 3.55. The summed E-state index contributed by atoms with van der Waals surface area (Å²) in [5.41, 5.74) is 0.765. The molecule has 0 aromatic carbocycles. The number of aromatic nitrogens is 3. The SMILES string of the molecule is c1ccc(-c2noc(C3CCN(CCc4cccs4)CC3)n2)nc1. The van der Waals surface area contributed by atoms with Crippen molar-refractivity contribution in [1.29, 1.82) is 0 Å². The van der Waals surface area contributed by atoms with Crippen LogP contribution in [0.25, 0.3) is 11.5 Å². The Hall–Kier alpha value is -2.05. The molecule has 0 saturated carbocycles. The first-order valence-electron chi connectivity index (χ1n) is 8.38. The summed E-state index contributed by atoms with van der Waals surface area (Å²) < 4.78 is 5.49. The molecule has 6 heteroatoms. The number of hydrogen-bond acceptors (Lipinski definition) is 6. The Morgan fingerprint density at radius 3 is 2.83 bits per heavy atom. The summed E-state index contributed by atoms with van der Waals surface area (Å²) in [7, 11) is 0. The van der Waals surface area contributed by atoms with Gasteiger partial charge in [0.15, 0.2) is 0 Å². The minimum absolute atomic E-state index is 0.368. The highest BCUT2D eigenvalue weighted by Crippen LogP contribution is 2.28. The number of hydrogen-bond donors (Lipinski definition) is 0. The predicted octanol–water partition coefficient (Wildman–Crippen LogP) is 3.62. The van der Waals surface area contributed by atoms with E-state index in [1.807, 2.05) is 29.5 Å². The molecule has 1 fully saturated rings. The summed E-state index contributed by atoms with van der Waals surface area (Å²) in [5, 5.41) is 6.24. The minimum Gasteiger partial charge on any atom is -0.339 e. The van der Waals surface area contributed by atoms with Crippen LogP contribution in [0.2, 0.25) is 0 Å². The van der Waals surface area contributed by atoms with E-state index in [-0.39, 0.29) is 0 Å². The lowest BCUT2D eigenvalue weighted by Crippen LogP contribution is -2.34.